The summed E-state index contributed by atoms with van der Waals surface area (Å²) in [6.07, 6.45) is 7.87. The zero-order valence-corrected chi connectivity index (χ0v) is 12.2. The lowest BCUT2D eigenvalue weighted by atomic mass is 9.84. The van der Waals surface area contributed by atoms with Gasteiger partial charge in [-0.15, -0.1) is 0 Å². The highest BCUT2D eigenvalue weighted by atomic mass is 16.5. The number of hydrogen-bond donors (Lipinski definition) is 1. The summed E-state index contributed by atoms with van der Waals surface area (Å²) in [5.41, 5.74) is 6.39. The lowest BCUT2D eigenvalue weighted by molar-refractivity contribution is -0.0666. The van der Waals surface area contributed by atoms with Gasteiger partial charge in [0.25, 0.3) is 0 Å². The zero-order chi connectivity index (χ0) is 13.0. The van der Waals surface area contributed by atoms with Gasteiger partial charge in [0.05, 0.1) is 6.10 Å². The van der Waals surface area contributed by atoms with Crippen LogP contribution in [0.15, 0.2) is 0 Å². The Kier molecular flexibility index (Phi) is 5.05. The Morgan fingerprint density at radius 2 is 2.22 bits per heavy atom. The molecule has 18 heavy (non-hydrogen) atoms. The van der Waals surface area contributed by atoms with E-state index in [1.807, 2.05) is 0 Å². The van der Waals surface area contributed by atoms with E-state index in [4.69, 9.17) is 10.5 Å². The third kappa shape index (κ3) is 2.89. The summed E-state index contributed by atoms with van der Waals surface area (Å²) < 4.78 is 5.84. The number of ether oxygens (including phenoxy) is 1. The van der Waals surface area contributed by atoms with Crippen LogP contribution < -0.4 is 5.73 Å². The average molecular weight is 254 g/mol. The molecule has 3 nitrogen and oxygen atoms in total. The molecular formula is C15H30N2O. The average Bonchev–Trinajstić information content (AvgIpc) is 2.88. The van der Waals surface area contributed by atoms with Crippen molar-refractivity contribution in [2.45, 2.75) is 64.0 Å². The van der Waals surface area contributed by atoms with Gasteiger partial charge >= 0.3 is 0 Å². The first-order chi connectivity index (χ1) is 8.74. The van der Waals surface area contributed by atoms with E-state index >= 15 is 0 Å². The van der Waals surface area contributed by atoms with Crippen molar-refractivity contribution in [1.29, 1.82) is 0 Å². The molecule has 0 radical (unpaired) electrons. The fourth-order valence-corrected chi connectivity index (χ4v) is 3.77. The number of rotatable bonds is 5. The van der Waals surface area contributed by atoms with Crippen molar-refractivity contribution in [1.82, 2.24) is 4.90 Å². The summed E-state index contributed by atoms with van der Waals surface area (Å²) in [6, 6.07) is 0. The Labute approximate surface area is 112 Å². The molecule has 0 bridgehead atoms. The highest BCUT2D eigenvalue weighted by molar-refractivity contribution is 4.98. The maximum atomic E-state index is 6.16. The Morgan fingerprint density at radius 1 is 1.39 bits per heavy atom. The van der Waals surface area contributed by atoms with Gasteiger partial charge in [0, 0.05) is 25.2 Å². The van der Waals surface area contributed by atoms with Gasteiger partial charge in [-0.3, -0.25) is 4.90 Å². The van der Waals surface area contributed by atoms with E-state index in [1.54, 1.807) is 0 Å². The van der Waals surface area contributed by atoms with Crippen LogP contribution >= 0.6 is 0 Å². The van der Waals surface area contributed by atoms with Crippen LogP contribution in [0.25, 0.3) is 0 Å². The lowest BCUT2D eigenvalue weighted by Gasteiger charge is -2.46. The first kappa shape index (κ1) is 14.3. The Morgan fingerprint density at radius 3 is 2.89 bits per heavy atom. The summed E-state index contributed by atoms with van der Waals surface area (Å²) in [7, 11) is 0. The third-order valence-corrected chi connectivity index (χ3v) is 5.02. The van der Waals surface area contributed by atoms with Gasteiger partial charge in [0.15, 0.2) is 0 Å². The van der Waals surface area contributed by atoms with Crippen LogP contribution in [-0.4, -0.2) is 42.8 Å². The van der Waals surface area contributed by atoms with Crippen molar-refractivity contribution in [2.75, 3.05) is 26.2 Å². The number of nitrogens with zero attached hydrogens (tertiary/aromatic N) is 1. The molecular weight excluding hydrogens is 224 g/mol. The number of likely N-dealkylation sites (tertiary alicyclic amines) is 1. The molecule has 2 saturated heterocycles. The molecule has 0 aromatic rings. The second kappa shape index (κ2) is 6.36. The van der Waals surface area contributed by atoms with Crippen molar-refractivity contribution < 1.29 is 4.74 Å². The molecule has 3 atom stereocenters. The van der Waals surface area contributed by atoms with E-state index in [2.05, 4.69) is 18.7 Å². The third-order valence-electron chi connectivity index (χ3n) is 5.02. The summed E-state index contributed by atoms with van der Waals surface area (Å²) in [5.74, 6) is 0.904. The van der Waals surface area contributed by atoms with Crippen molar-refractivity contribution in [3.63, 3.8) is 0 Å². The quantitative estimate of drug-likeness (QED) is 0.819. The van der Waals surface area contributed by atoms with Crippen LogP contribution in [0.3, 0.4) is 0 Å². The first-order valence-electron chi connectivity index (χ1n) is 7.80. The van der Waals surface area contributed by atoms with Gasteiger partial charge < -0.3 is 10.5 Å². The SMILES string of the molecule is CCCC1CCN(C2(CN)CCOC(CC)C2)C1. The lowest BCUT2D eigenvalue weighted by Crippen LogP contribution is -2.57. The summed E-state index contributed by atoms with van der Waals surface area (Å²) in [6.45, 7) is 8.72. The minimum atomic E-state index is 0.238. The Balaban J connectivity index is 1.99. The van der Waals surface area contributed by atoms with E-state index in [9.17, 15) is 0 Å². The normalized spacial score (nSPS) is 38.2. The van der Waals surface area contributed by atoms with Gasteiger partial charge in [-0.25, -0.2) is 0 Å². The van der Waals surface area contributed by atoms with Crippen molar-refractivity contribution in [3.05, 3.63) is 0 Å². The number of hydrogen-bond acceptors (Lipinski definition) is 3. The summed E-state index contributed by atoms with van der Waals surface area (Å²) in [4.78, 5) is 2.69. The molecule has 0 aliphatic carbocycles. The molecule has 0 aromatic carbocycles. The fourth-order valence-electron chi connectivity index (χ4n) is 3.77. The van der Waals surface area contributed by atoms with E-state index in [0.29, 0.717) is 6.10 Å². The fraction of sp³-hybridized carbons (Fsp3) is 1.00. The van der Waals surface area contributed by atoms with Gasteiger partial charge in [-0.2, -0.15) is 0 Å². The van der Waals surface area contributed by atoms with Crippen LogP contribution in [-0.2, 0) is 4.74 Å². The molecule has 0 spiro atoms. The molecule has 2 heterocycles. The van der Waals surface area contributed by atoms with E-state index in [1.165, 1.54) is 32.4 Å². The van der Waals surface area contributed by atoms with Crippen LogP contribution in [0.2, 0.25) is 0 Å². The van der Waals surface area contributed by atoms with Crippen LogP contribution in [0.4, 0.5) is 0 Å². The Hall–Kier alpha value is -0.120. The van der Waals surface area contributed by atoms with Gasteiger partial charge in [0.1, 0.15) is 0 Å². The summed E-state index contributed by atoms with van der Waals surface area (Å²) >= 11 is 0. The Bertz CT molecular complexity index is 259. The highest BCUT2D eigenvalue weighted by Gasteiger charge is 2.42. The molecule has 2 rings (SSSR count). The van der Waals surface area contributed by atoms with Crippen molar-refractivity contribution >= 4 is 0 Å². The van der Waals surface area contributed by atoms with Crippen LogP contribution in [0.1, 0.15) is 52.4 Å². The second-order valence-corrected chi connectivity index (χ2v) is 6.17. The monoisotopic (exact) mass is 254 g/mol. The first-order valence-corrected chi connectivity index (χ1v) is 7.80. The second-order valence-electron chi connectivity index (χ2n) is 6.17. The van der Waals surface area contributed by atoms with Gasteiger partial charge in [-0.05, 0) is 44.6 Å². The molecule has 2 aliphatic heterocycles. The van der Waals surface area contributed by atoms with E-state index < -0.39 is 0 Å². The minimum Gasteiger partial charge on any atom is -0.378 e. The molecule has 0 saturated carbocycles. The maximum Gasteiger partial charge on any atom is 0.0590 e. The predicted molar refractivity (Wildman–Crippen MR) is 75.6 cm³/mol. The van der Waals surface area contributed by atoms with E-state index in [0.717, 1.165) is 38.3 Å². The highest BCUT2D eigenvalue weighted by Crippen LogP contribution is 2.36. The molecule has 0 aromatic heterocycles. The topological polar surface area (TPSA) is 38.5 Å². The zero-order valence-electron chi connectivity index (χ0n) is 12.2. The van der Waals surface area contributed by atoms with Crippen LogP contribution in [0.5, 0.6) is 0 Å². The molecule has 3 heteroatoms. The van der Waals surface area contributed by atoms with Gasteiger partial charge in [-0.1, -0.05) is 20.3 Å². The minimum absolute atomic E-state index is 0.238. The molecule has 2 aliphatic rings. The number of nitrogens with two attached hydrogens (primary N) is 1. The van der Waals surface area contributed by atoms with Crippen molar-refractivity contribution in [2.24, 2.45) is 11.7 Å². The molecule has 3 unspecified atom stereocenters. The van der Waals surface area contributed by atoms with E-state index in [-0.39, 0.29) is 5.54 Å². The smallest absolute Gasteiger partial charge is 0.0590 e. The molecule has 2 fully saturated rings. The largest absolute Gasteiger partial charge is 0.378 e. The van der Waals surface area contributed by atoms with Crippen LogP contribution in [0, 0.1) is 5.92 Å². The van der Waals surface area contributed by atoms with Crippen molar-refractivity contribution in [3.8, 4) is 0 Å². The standard InChI is InChI=1S/C15H30N2O/c1-3-5-13-6-8-17(11-13)15(12-16)7-9-18-14(4-2)10-15/h13-14H,3-12,16H2,1-2H3. The molecule has 2 N–H and O–H groups in total. The molecule has 106 valence electrons. The van der Waals surface area contributed by atoms with Gasteiger partial charge in [0.2, 0.25) is 0 Å². The molecule has 0 amide bonds. The maximum absolute atomic E-state index is 6.16. The summed E-state index contributed by atoms with van der Waals surface area (Å²) in [5, 5.41) is 0. The predicted octanol–water partition coefficient (Wildman–Crippen LogP) is 2.39.